The van der Waals surface area contributed by atoms with Crippen molar-refractivity contribution < 1.29 is 9.53 Å². The van der Waals surface area contributed by atoms with Gasteiger partial charge in [0.25, 0.3) is 0 Å². The van der Waals surface area contributed by atoms with Gasteiger partial charge in [-0.3, -0.25) is 4.79 Å². The predicted octanol–water partition coefficient (Wildman–Crippen LogP) is 3.76. The SMILES string of the molecule is Cc1ccc(OCCCCC(=O)Nc2ccc3n[nH]nc3c2)c(C)c1. The van der Waals surface area contributed by atoms with Crippen LogP contribution in [0.5, 0.6) is 5.75 Å². The van der Waals surface area contributed by atoms with Gasteiger partial charge < -0.3 is 10.1 Å². The lowest BCUT2D eigenvalue weighted by molar-refractivity contribution is -0.116. The van der Waals surface area contributed by atoms with E-state index in [1.54, 1.807) is 6.07 Å². The van der Waals surface area contributed by atoms with Gasteiger partial charge in [-0.25, -0.2) is 0 Å². The molecule has 0 unspecified atom stereocenters. The smallest absolute Gasteiger partial charge is 0.224 e. The van der Waals surface area contributed by atoms with E-state index in [-0.39, 0.29) is 5.91 Å². The van der Waals surface area contributed by atoms with Crippen LogP contribution in [0.3, 0.4) is 0 Å². The number of carbonyl (C=O) groups excluding carboxylic acids is 1. The summed E-state index contributed by atoms with van der Waals surface area (Å²) in [4.78, 5) is 12.0. The molecule has 6 nitrogen and oxygen atoms in total. The average molecular weight is 338 g/mol. The first-order chi connectivity index (χ1) is 12.1. The van der Waals surface area contributed by atoms with Gasteiger partial charge in [0, 0.05) is 12.1 Å². The van der Waals surface area contributed by atoms with Crippen LogP contribution in [0.4, 0.5) is 5.69 Å². The number of hydrogen-bond donors (Lipinski definition) is 2. The largest absolute Gasteiger partial charge is 0.493 e. The number of rotatable bonds is 7. The third kappa shape index (κ3) is 4.56. The number of nitrogens with zero attached hydrogens (tertiary/aromatic N) is 2. The zero-order chi connectivity index (χ0) is 17.6. The topological polar surface area (TPSA) is 79.9 Å². The second-order valence-corrected chi connectivity index (χ2v) is 6.15. The molecular weight excluding hydrogens is 316 g/mol. The highest BCUT2D eigenvalue weighted by atomic mass is 16.5. The summed E-state index contributed by atoms with van der Waals surface area (Å²) in [5.74, 6) is 0.908. The zero-order valence-corrected chi connectivity index (χ0v) is 14.5. The molecule has 6 heteroatoms. The fraction of sp³-hybridized carbons (Fsp3) is 0.316. The summed E-state index contributed by atoms with van der Waals surface area (Å²) >= 11 is 0. The van der Waals surface area contributed by atoms with Crippen molar-refractivity contribution in [3.8, 4) is 5.75 Å². The molecule has 0 bridgehead atoms. The molecule has 0 fully saturated rings. The molecule has 0 aliphatic rings. The molecule has 3 aromatic rings. The Bertz CT molecular complexity index is 873. The van der Waals surface area contributed by atoms with Gasteiger partial charge in [0.1, 0.15) is 16.8 Å². The van der Waals surface area contributed by atoms with Crippen molar-refractivity contribution in [2.24, 2.45) is 0 Å². The van der Waals surface area contributed by atoms with Gasteiger partial charge in [0.05, 0.1) is 6.61 Å². The first kappa shape index (κ1) is 17.0. The molecule has 0 aliphatic carbocycles. The van der Waals surface area contributed by atoms with Crippen molar-refractivity contribution >= 4 is 22.6 Å². The van der Waals surface area contributed by atoms with Crippen LogP contribution < -0.4 is 10.1 Å². The number of H-pyrrole nitrogens is 1. The number of aromatic nitrogens is 3. The molecule has 0 spiro atoms. The third-order valence-corrected chi connectivity index (χ3v) is 3.99. The number of aryl methyl sites for hydroxylation is 2. The van der Waals surface area contributed by atoms with Crippen LogP contribution in [0.15, 0.2) is 36.4 Å². The normalized spacial score (nSPS) is 10.8. The lowest BCUT2D eigenvalue weighted by Gasteiger charge is -2.09. The number of nitrogens with one attached hydrogen (secondary N) is 2. The maximum absolute atomic E-state index is 12.0. The van der Waals surface area contributed by atoms with Gasteiger partial charge in [-0.15, -0.1) is 0 Å². The number of hydrogen-bond acceptors (Lipinski definition) is 4. The standard InChI is InChI=1S/C19H22N4O2/c1-13-6-9-18(14(2)11-13)25-10-4-3-5-19(24)20-15-7-8-16-17(12-15)22-23-21-16/h6-9,11-12H,3-5,10H2,1-2H3,(H,20,24)(H,21,22,23). The van der Waals surface area contributed by atoms with Crippen molar-refractivity contribution in [1.82, 2.24) is 15.4 Å². The number of benzene rings is 2. The van der Waals surface area contributed by atoms with Crippen molar-refractivity contribution in [3.63, 3.8) is 0 Å². The van der Waals surface area contributed by atoms with E-state index in [9.17, 15) is 4.79 Å². The minimum Gasteiger partial charge on any atom is -0.493 e. The summed E-state index contributed by atoms with van der Waals surface area (Å²) in [6, 6.07) is 11.6. The van der Waals surface area contributed by atoms with E-state index < -0.39 is 0 Å². The highest BCUT2D eigenvalue weighted by Crippen LogP contribution is 2.19. The fourth-order valence-corrected chi connectivity index (χ4v) is 2.67. The van der Waals surface area contributed by atoms with E-state index in [1.165, 1.54) is 5.56 Å². The molecule has 0 aliphatic heterocycles. The Balaban J connectivity index is 1.39. The summed E-state index contributed by atoms with van der Waals surface area (Å²) in [7, 11) is 0. The molecule has 0 atom stereocenters. The molecule has 1 heterocycles. The maximum Gasteiger partial charge on any atom is 0.224 e. The molecule has 130 valence electrons. The first-order valence-electron chi connectivity index (χ1n) is 8.42. The Labute approximate surface area is 146 Å². The molecule has 1 aromatic heterocycles. The van der Waals surface area contributed by atoms with E-state index in [2.05, 4.69) is 33.7 Å². The number of unbranched alkanes of at least 4 members (excludes halogenated alkanes) is 1. The Morgan fingerprint density at radius 3 is 2.76 bits per heavy atom. The number of amides is 1. The monoisotopic (exact) mass is 338 g/mol. The molecule has 25 heavy (non-hydrogen) atoms. The summed E-state index contributed by atoms with van der Waals surface area (Å²) in [6.45, 7) is 4.72. The van der Waals surface area contributed by atoms with Crippen LogP contribution in [0.25, 0.3) is 11.0 Å². The molecular formula is C19H22N4O2. The van der Waals surface area contributed by atoms with E-state index in [1.807, 2.05) is 31.2 Å². The Morgan fingerprint density at radius 2 is 1.92 bits per heavy atom. The van der Waals surface area contributed by atoms with Crippen LogP contribution in [0.2, 0.25) is 0 Å². The fourth-order valence-electron chi connectivity index (χ4n) is 2.67. The van der Waals surface area contributed by atoms with Crippen LogP contribution in [-0.2, 0) is 4.79 Å². The quantitative estimate of drug-likeness (QED) is 0.643. The average Bonchev–Trinajstić information content (AvgIpc) is 3.04. The van der Waals surface area contributed by atoms with Gasteiger partial charge in [0.2, 0.25) is 5.91 Å². The van der Waals surface area contributed by atoms with Crippen molar-refractivity contribution in [1.29, 1.82) is 0 Å². The van der Waals surface area contributed by atoms with E-state index in [4.69, 9.17) is 4.74 Å². The predicted molar refractivity (Wildman–Crippen MR) is 97.8 cm³/mol. The van der Waals surface area contributed by atoms with Crippen LogP contribution in [0.1, 0.15) is 30.4 Å². The zero-order valence-electron chi connectivity index (χ0n) is 14.5. The molecule has 0 saturated heterocycles. The lowest BCUT2D eigenvalue weighted by Crippen LogP contribution is -2.11. The molecule has 0 radical (unpaired) electrons. The minimum absolute atomic E-state index is 0.00522. The highest BCUT2D eigenvalue weighted by Gasteiger charge is 2.05. The number of ether oxygens (including phenoxy) is 1. The summed E-state index contributed by atoms with van der Waals surface area (Å²) in [5.41, 5.74) is 4.62. The van der Waals surface area contributed by atoms with E-state index in [0.29, 0.717) is 13.0 Å². The Kier molecular flexibility index (Phi) is 5.28. The van der Waals surface area contributed by atoms with Gasteiger partial charge in [-0.05, 0) is 56.5 Å². The summed E-state index contributed by atoms with van der Waals surface area (Å²) < 4.78 is 5.78. The number of anilines is 1. The molecule has 2 aromatic carbocycles. The second kappa shape index (κ2) is 7.79. The molecule has 3 rings (SSSR count). The molecule has 2 N–H and O–H groups in total. The van der Waals surface area contributed by atoms with Gasteiger partial charge in [-0.1, -0.05) is 17.7 Å². The van der Waals surface area contributed by atoms with E-state index in [0.717, 1.165) is 40.9 Å². The minimum atomic E-state index is -0.00522. The molecule has 0 saturated carbocycles. The number of fused-ring (bicyclic) bond motifs is 1. The van der Waals surface area contributed by atoms with Crippen LogP contribution >= 0.6 is 0 Å². The van der Waals surface area contributed by atoms with Gasteiger partial charge >= 0.3 is 0 Å². The summed E-state index contributed by atoms with van der Waals surface area (Å²) in [6.07, 6.45) is 2.08. The van der Waals surface area contributed by atoms with E-state index >= 15 is 0 Å². The Morgan fingerprint density at radius 1 is 1.08 bits per heavy atom. The maximum atomic E-state index is 12.0. The van der Waals surface area contributed by atoms with Crippen molar-refractivity contribution in [2.75, 3.05) is 11.9 Å². The van der Waals surface area contributed by atoms with Gasteiger partial charge in [0.15, 0.2) is 0 Å². The lowest BCUT2D eigenvalue weighted by atomic mass is 10.1. The Hall–Kier alpha value is -2.89. The third-order valence-electron chi connectivity index (χ3n) is 3.99. The van der Waals surface area contributed by atoms with Crippen molar-refractivity contribution in [3.05, 3.63) is 47.5 Å². The summed E-state index contributed by atoms with van der Waals surface area (Å²) in [5, 5.41) is 13.4. The van der Waals surface area contributed by atoms with Crippen molar-refractivity contribution in [2.45, 2.75) is 33.1 Å². The number of aromatic amines is 1. The highest BCUT2D eigenvalue weighted by molar-refractivity contribution is 5.92. The van der Waals surface area contributed by atoms with Crippen LogP contribution in [-0.4, -0.2) is 27.9 Å². The second-order valence-electron chi connectivity index (χ2n) is 6.15. The van der Waals surface area contributed by atoms with Crippen LogP contribution in [0, 0.1) is 13.8 Å². The molecule has 1 amide bonds. The van der Waals surface area contributed by atoms with Gasteiger partial charge in [-0.2, -0.15) is 15.4 Å². The first-order valence-corrected chi connectivity index (χ1v) is 8.42. The number of carbonyl (C=O) groups is 1.